The van der Waals surface area contributed by atoms with Gasteiger partial charge in [0, 0.05) is 64.5 Å². The van der Waals surface area contributed by atoms with Crippen LogP contribution < -0.4 is 10.6 Å². The van der Waals surface area contributed by atoms with Crippen LogP contribution in [0.25, 0.3) is 0 Å². The minimum Gasteiger partial charge on any atom is -0.388 e. The van der Waals surface area contributed by atoms with E-state index < -0.39 is 48.2 Å². The summed E-state index contributed by atoms with van der Waals surface area (Å²) in [7, 11) is 0. The second-order valence-electron chi connectivity index (χ2n) is 12.9. The molecule has 4 N–H and O–H groups in total. The molecule has 0 radical (unpaired) electrons. The first-order valence-corrected chi connectivity index (χ1v) is 16.0. The molecule has 14 heteroatoms. The van der Waals surface area contributed by atoms with Crippen LogP contribution in [0.1, 0.15) is 30.9 Å². The number of halogens is 2. The summed E-state index contributed by atoms with van der Waals surface area (Å²) in [5.41, 5.74) is 2.09. The number of anilines is 1. The molecular formula is C33H41F2N5O7. The van der Waals surface area contributed by atoms with Gasteiger partial charge in [-0.15, -0.1) is 0 Å². The van der Waals surface area contributed by atoms with Gasteiger partial charge in [-0.3, -0.25) is 24.2 Å². The normalized spacial score (nSPS) is 30.7. The Balaban J connectivity index is 1.24. The first-order valence-electron chi connectivity index (χ1n) is 16.0. The van der Waals surface area contributed by atoms with Crippen molar-refractivity contribution in [3.05, 3.63) is 65.2 Å². The van der Waals surface area contributed by atoms with Crippen LogP contribution in [0.5, 0.6) is 0 Å². The lowest BCUT2D eigenvalue weighted by Crippen LogP contribution is -2.54. The van der Waals surface area contributed by atoms with Crippen molar-refractivity contribution in [2.24, 2.45) is 0 Å². The zero-order valence-electron chi connectivity index (χ0n) is 26.2. The third kappa shape index (κ3) is 7.96. The van der Waals surface area contributed by atoms with Gasteiger partial charge in [0.2, 0.25) is 17.7 Å². The summed E-state index contributed by atoms with van der Waals surface area (Å²) in [5.74, 6) is -2.55. The smallest absolute Gasteiger partial charge is 0.240 e. The number of aliphatic hydroxyl groups is 2. The molecule has 12 nitrogen and oxygen atoms in total. The summed E-state index contributed by atoms with van der Waals surface area (Å²) in [6.45, 7) is 3.85. The molecule has 47 heavy (non-hydrogen) atoms. The molecule has 4 fully saturated rings. The van der Waals surface area contributed by atoms with Crippen molar-refractivity contribution in [1.82, 2.24) is 20.0 Å². The maximum atomic E-state index is 14.1. The van der Waals surface area contributed by atoms with Crippen LogP contribution in [0.4, 0.5) is 14.5 Å². The van der Waals surface area contributed by atoms with Crippen molar-refractivity contribution >= 4 is 23.4 Å². The predicted octanol–water partition coefficient (Wildman–Crippen LogP) is 0.605. The highest BCUT2D eigenvalue weighted by Crippen LogP contribution is 2.28. The van der Waals surface area contributed by atoms with Crippen LogP contribution in [-0.4, -0.2) is 125 Å². The van der Waals surface area contributed by atoms with E-state index in [1.54, 1.807) is 17.0 Å². The number of hydrogen-bond acceptors (Lipinski definition) is 9. The van der Waals surface area contributed by atoms with E-state index in [0.29, 0.717) is 50.5 Å². The molecule has 254 valence electrons. The van der Waals surface area contributed by atoms with Gasteiger partial charge in [-0.25, -0.2) is 8.78 Å². The van der Waals surface area contributed by atoms with Gasteiger partial charge in [-0.05, 0) is 41.8 Å². The van der Waals surface area contributed by atoms with Crippen molar-refractivity contribution in [3.63, 3.8) is 0 Å². The number of carbonyl (C=O) groups is 3. The number of rotatable bonds is 5. The SMILES string of the molecule is CC(=O)Nc1ccc(CN2C[C@@H]3C[C@H]2C(=O)N2CCO[C@H](CN(Cc4ccc(F)c(F)c4)C[C@H]4O[C@@H](CC(=O)N3)[C@H](O)[C@@H]4O)C2)cc1. The number of amides is 3. The van der Waals surface area contributed by atoms with Crippen molar-refractivity contribution in [2.75, 3.05) is 44.6 Å². The second-order valence-corrected chi connectivity index (χ2v) is 12.9. The summed E-state index contributed by atoms with van der Waals surface area (Å²) in [6, 6.07) is 10.2. The molecule has 2 aromatic rings. The molecule has 0 saturated carbocycles. The van der Waals surface area contributed by atoms with E-state index in [1.807, 2.05) is 21.9 Å². The average molecular weight is 658 g/mol. The molecule has 4 heterocycles. The molecular weight excluding hydrogens is 616 g/mol. The van der Waals surface area contributed by atoms with Crippen LogP contribution >= 0.6 is 0 Å². The van der Waals surface area contributed by atoms with Gasteiger partial charge in [0.15, 0.2) is 11.6 Å². The van der Waals surface area contributed by atoms with Gasteiger partial charge in [-0.1, -0.05) is 18.2 Å². The van der Waals surface area contributed by atoms with E-state index in [-0.39, 0.29) is 49.8 Å². The highest BCUT2D eigenvalue weighted by molar-refractivity contribution is 5.88. The zero-order valence-corrected chi connectivity index (χ0v) is 26.2. The highest BCUT2D eigenvalue weighted by atomic mass is 19.2. The van der Waals surface area contributed by atoms with Gasteiger partial charge < -0.3 is 35.2 Å². The van der Waals surface area contributed by atoms with E-state index in [4.69, 9.17) is 9.47 Å². The van der Waals surface area contributed by atoms with Crippen LogP contribution in [-0.2, 0) is 36.9 Å². The molecule has 0 aliphatic carbocycles. The molecule has 0 spiro atoms. The van der Waals surface area contributed by atoms with Gasteiger partial charge in [0.05, 0.1) is 37.4 Å². The number of nitrogens with one attached hydrogen (secondary N) is 2. The Morgan fingerprint density at radius 3 is 2.45 bits per heavy atom. The Hall–Kier alpha value is -3.53. The number of carbonyl (C=O) groups excluding carboxylic acids is 3. The summed E-state index contributed by atoms with van der Waals surface area (Å²) in [4.78, 5) is 44.4. The van der Waals surface area contributed by atoms with E-state index in [1.165, 1.54) is 13.0 Å². The number of nitrogens with zero attached hydrogens (tertiary/aromatic N) is 3. The van der Waals surface area contributed by atoms with Crippen LogP contribution in [0, 0.1) is 11.6 Å². The van der Waals surface area contributed by atoms with Gasteiger partial charge in [-0.2, -0.15) is 0 Å². The van der Waals surface area contributed by atoms with Gasteiger partial charge >= 0.3 is 0 Å². The average Bonchev–Trinajstić information content (AvgIpc) is 3.53. The van der Waals surface area contributed by atoms with Crippen molar-refractivity contribution < 1.29 is 42.9 Å². The van der Waals surface area contributed by atoms with Crippen LogP contribution in [0.15, 0.2) is 42.5 Å². The van der Waals surface area contributed by atoms with E-state index in [2.05, 4.69) is 10.6 Å². The van der Waals surface area contributed by atoms with Crippen LogP contribution in [0.2, 0.25) is 0 Å². The third-order valence-electron chi connectivity index (χ3n) is 9.30. The first kappa shape index (κ1) is 33.4. The largest absolute Gasteiger partial charge is 0.388 e. The highest BCUT2D eigenvalue weighted by Gasteiger charge is 2.46. The molecule has 3 amide bonds. The monoisotopic (exact) mass is 657 g/mol. The Kier molecular flexibility index (Phi) is 10.2. The number of benzene rings is 2. The Labute approximate surface area is 271 Å². The Bertz CT molecular complexity index is 1470. The summed E-state index contributed by atoms with van der Waals surface area (Å²) in [5, 5.41) is 27.5. The minimum atomic E-state index is -1.30. The maximum absolute atomic E-state index is 14.1. The van der Waals surface area contributed by atoms with E-state index in [0.717, 1.165) is 17.7 Å². The Morgan fingerprint density at radius 1 is 0.957 bits per heavy atom. The number of hydrogen-bond donors (Lipinski definition) is 4. The lowest BCUT2D eigenvalue weighted by atomic mass is 10.0. The summed E-state index contributed by atoms with van der Waals surface area (Å²) >= 11 is 0. The lowest BCUT2D eigenvalue weighted by molar-refractivity contribution is -0.145. The quantitative estimate of drug-likeness (QED) is 0.364. The predicted molar refractivity (Wildman–Crippen MR) is 165 cm³/mol. The molecule has 6 bridgehead atoms. The summed E-state index contributed by atoms with van der Waals surface area (Å²) < 4.78 is 39.8. The van der Waals surface area contributed by atoms with Crippen LogP contribution in [0.3, 0.4) is 0 Å². The number of morpholine rings is 1. The number of fused-ring (bicyclic) bond motifs is 6. The molecule has 7 atom stereocenters. The molecule has 6 rings (SSSR count). The van der Waals surface area contributed by atoms with Gasteiger partial charge in [0.1, 0.15) is 12.2 Å². The Morgan fingerprint density at radius 2 is 1.70 bits per heavy atom. The standard InChI is InChI=1S/C33H41F2N5O7/c1-19(41)36-22-5-2-20(3-6-22)14-40-15-23-11-27(40)33(45)39-8-9-46-24(17-39)16-38(13-21-4-7-25(34)26(35)10-21)18-29-32(44)31(43)28(47-29)12-30(42)37-23/h2-7,10,23-24,27-29,31-32,43-44H,8-9,11-18H2,1H3,(H,36,41)(H,37,42)/t23-,24+,27-,28-,29+,31-,32+/m0/s1. The molecule has 0 unspecified atom stereocenters. The molecule has 4 aliphatic heterocycles. The lowest BCUT2D eigenvalue weighted by Gasteiger charge is -2.38. The molecule has 4 saturated heterocycles. The topological polar surface area (TPSA) is 144 Å². The fourth-order valence-electron chi connectivity index (χ4n) is 7.07. The zero-order chi connectivity index (χ0) is 33.2. The fraction of sp³-hybridized carbons (Fsp3) is 0.545. The number of ether oxygens (including phenoxy) is 2. The molecule has 2 aromatic carbocycles. The van der Waals surface area contributed by atoms with E-state index >= 15 is 0 Å². The maximum Gasteiger partial charge on any atom is 0.240 e. The first-order chi connectivity index (χ1) is 22.5. The van der Waals surface area contributed by atoms with Crippen molar-refractivity contribution in [2.45, 2.75) is 75.5 Å². The minimum absolute atomic E-state index is 0.0709. The second kappa shape index (κ2) is 14.3. The number of aliphatic hydroxyl groups excluding tert-OH is 2. The fourth-order valence-corrected chi connectivity index (χ4v) is 7.07. The van der Waals surface area contributed by atoms with Gasteiger partial charge in [0.25, 0.3) is 0 Å². The third-order valence-corrected chi connectivity index (χ3v) is 9.30. The summed E-state index contributed by atoms with van der Waals surface area (Å²) in [6.07, 6.45) is -4.60. The molecule has 0 aromatic heterocycles. The van der Waals surface area contributed by atoms with E-state index in [9.17, 15) is 33.4 Å². The van der Waals surface area contributed by atoms with Crippen molar-refractivity contribution in [1.29, 1.82) is 0 Å². The van der Waals surface area contributed by atoms with Crippen molar-refractivity contribution in [3.8, 4) is 0 Å². The number of likely N-dealkylation sites (tertiary alicyclic amines) is 1. The molecule has 4 aliphatic rings.